The highest BCUT2D eigenvalue weighted by Gasteiger charge is 2.27. The van der Waals surface area contributed by atoms with Crippen molar-refractivity contribution in [1.82, 2.24) is 0 Å². The monoisotopic (exact) mass is 244 g/mol. The van der Waals surface area contributed by atoms with Gasteiger partial charge in [0.05, 0.1) is 6.61 Å². The SMILES string of the molecule is CCCCOC1=CC(=O)c2cccc(C)c2C1=O. The molecule has 0 aliphatic heterocycles. The van der Waals surface area contributed by atoms with E-state index in [1.54, 1.807) is 12.1 Å². The molecule has 3 heteroatoms. The van der Waals surface area contributed by atoms with Crippen molar-refractivity contribution in [3.05, 3.63) is 46.7 Å². The molecule has 0 aromatic heterocycles. The Hall–Kier alpha value is -1.90. The van der Waals surface area contributed by atoms with E-state index in [0.717, 1.165) is 18.4 Å². The molecular formula is C15H16O3. The standard InChI is InChI=1S/C15H16O3/c1-3-4-8-18-13-9-12(16)11-7-5-6-10(2)14(11)15(13)17/h5-7,9H,3-4,8H2,1-2H3. The van der Waals surface area contributed by atoms with Gasteiger partial charge in [0.25, 0.3) is 0 Å². The number of Topliss-reactive ketones (excluding diaryl/α,β-unsaturated/α-hetero) is 1. The Morgan fingerprint density at radius 2 is 2.00 bits per heavy atom. The van der Waals surface area contributed by atoms with Gasteiger partial charge in [-0.05, 0) is 18.9 Å². The summed E-state index contributed by atoms with van der Waals surface area (Å²) in [7, 11) is 0. The fourth-order valence-electron chi connectivity index (χ4n) is 1.99. The number of allylic oxidation sites excluding steroid dienone is 2. The molecule has 3 nitrogen and oxygen atoms in total. The van der Waals surface area contributed by atoms with Gasteiger partial charge in [0.2, 0.25) is 5.78 Å². The van der Waals surface area contributed by atoms with Crippen LogP contribution in [0.1, 0.15) is 46.0 Å². The van der Waals surface area contributed by atoms with Crippen LogP contribution in [-0.2, 0) is 4.74 Å². The Morgan fingerprint density at radius 3 is 2.72 bits per heavy atom. The van der Waals surface area contributed by atoms with Crippen molar-refractivity contribution in [3.8, 4) is 0 Å². The first-order valence-corrected chi connectivity index (χ1v) is 6.18. The van der Waals surface area contributed by atoms with Crippen LogP contribution in [0.15, 0.2) is 30.0 Å². The molecule has 0 unspecified atom stereocenters. The first-order chi connectivity index (χ1) is 8.65. The van der Waals surface area contributed by atoms with E-state index >= 15 is 0 Å². The predicted octanol–water partition coefficient (Wildman–Crippen LogP) is 3.07. The number of aryl methyl sites for hydroxylation is 1. The molecule has 18 heavy (non-hydrogen) atoms. The number of carbonyl (C=O) groups is 2. The van der Waals surface area contributed by atoms with Gasteiger partial charge in [-0.25, -0.2) is 0 Å². The van der Waals surface area contributed by atoms with E-state index in [0.29, 0.717) is 17.7 Å². The molecule has 1 aliphatic carbocycles. The van der Waals surface area contributed by atoms with Crippen LogP contribution >= 0.6 is 0 Å². The minimum atomic E-state index is -0.182. The molecule has 0 saturated carbocycles. The Balaban J connectivity index is 2.31. The fourth-order valence-corrected chi connectivity index (χ4v) is 1.99. The molecule has 0 saturated heterocycles. The highest BCUT2D eigenvalue weighted by atomic mass is 16.5. The van der Waals surface area contributed by atoms with Gasteiger partial charge in [0.1, 0.15) is 0 Å². The number of ether oxygens (including phenoxy) is 1. The number of hydrogen-bond donors (Lipinski definition) is 0. The third kappa shape index (κ3) is 2.21. The Labute approximate surface area is 106 Å². The second-order valence-corrected chi connectivity index (χ2v) is 4.40. The summed E-state index contributed by atoms with van der Waals surface area (Å²) in [5.41, 5.74) is 1.77. The van der Waals surface area contributed by atoms with Crippen molar-refractivity contribution in [3.63, 3.8) is 0 Å². The maximum absolute atomic E-state index is 12.2. The average molecular weight is 244 g/mol. The first kappa shape index (κ1) is 12.6. The maximum atomic E-state index is 12.2. The van der Waals surface area contributed by atoms with Gasteiger partial charge in [-0.1, -0.05) is 31.5 Å². The van der Waals surface area contributed by atoms with E-state index in [-0.39, 0.29) is 17.3 Å². The molecule has 0 atom stereocenters. The van der Waals surface area contributed by atoms with Gasteiger partial charge < -0.3 is 4.74 Å². The third-order valence-corrected chi connectivity index (χ3v) is 3.01. The smallest absolute Gasteiger partial charge is 0.228 e. The van der Waals surface area contributed by atoms with E-state index in [2.05, 4.69) is 0 Å². The van der Waals surface area contributed by atoms with Crippen LogP contribution in [0.4, 0.5) is 0 Å². The summed E-state index contributed by atoms with van der Waals surface area (Å²) >= 11 is 0. The zero-order chi connectivity index (χ0) is 13.1. The lowest BCUT2D eigenvalue weighted by Crippen LogP contribution is -2.20. The molecule has 0 bridgehead atoms. The summed E-state index contributed by atoms with van der Waals surface area (Å²) < 4.78 is 5.41. The highest BCUT2D eigenvalue weighted by molar-refractivity contribution is 6.24. The van der Waals surface area contributed by atoms with Crippen LogP contribution in [0, 0.1) is 6.92 Å². The largest absolute Gasteiger partial charge is 0.489 e. The Kier molecular flexibility index (Phi) is 3.60. The fraction of sp³-hybridized carbons (Fsp3) is 0.333. The Bertz CT molecular complexity index is 527. The summed E-state index contributed by atoms with van der Waals surface area (Å²) in [5.74, 6) is -0.158. The van der Waals surface area contributed by atoms with Crippen LogP contribution in [-0.4, -0.2) is 18.2 Å². The van der Waals surface area contributed by atoms with Crippen LogP contribution in [0.25, 0.3) is 0 Å². The lowest BCUT2D eigenvalue weighted by atomic mass is 9.90. The number of unbranched alkanes of at least 4 members (excludes halogenated alkanes) is 1. The summed E-state index contributed by atoms with van der Waals surface area (Å²) in [6.45, 7) is 4.35. The number of rotatable bonds is 4. The lowest BCUT2D eigenvalue weighted by molar-refractivity contribution is 0.0880. The highest BCUT2D eigenvalue weighted by Crippen LogP contribution is 2.24. The lowest BCUT2D eigenvalue weighted by Gasteiger charge is -2.17. The normalized spacial score (nSPS) is 14.2. The molecule has 0 N–H and O–H groups in total. The number of benzene rings is 1. The first-order valence-electron chi connectivity index (χ1n) is 6.18. The van der Waals surface area contributed by atoms with E-state index < -0.39 is 0 Å². The molecule has 0 spiro atoms. The van der Waals surface area contributed by atoms with Crippen LogP contribution in [0.3, 0.4) is 0 Å². The van der Waals surface area contributed by atoms with E-state index in [4.69, 9.17) is 4.74 Å². The molecule has 2 rings (SSSR count). The van der Waals surface area contributed by atoms with Gasteiger partial charge in [-0.15, -0.1) is 0 Å². The van der Waals surface area contributed by atoms with Crippen LogP contribution < -0.4 is 0 Å². The average Bonchev–Trinajstić information content (AvgIpc) is 2.35. The van der Waals surface area contributed by atoms with Crippen molar-refractivity contribution >= 4 is 11.6 Å². The predicted molar refractivity (Wildman–Crippen MR) is 68.8 cm³/mol. The van der Waals surface area contributed by atoms with Gasteiger partial charge in [0, 0.05) is 17.2 Å². The zero-order valence-corrected chi connectivity index (χ0v) is 10.7. The number of hydrogen-bond acceptors (Lipinski definition) is 3. The summed E-state index contributed by atoms with van der Waals surface area (Å²) in [5, 5.41) is 0. The van der Waals surface area contributed by atoms with Gasteiger partial charge in [0.15, 0.2) is 11.5 Å². The second-order valence-electron chi connectivity index (χ2n) is 4.40. The van der Waals surface area contributed by atoms with Crippen molar-refractivity contribution in [2.75, 3.05) is 6.61 Å². The van der Waals surface area contributed by atoms with Crippen molar-refractivity contribution in [2.45, 2.75) is 26.7 Å². The molecule has 0 amide bonds. The third-order valence-electron chi connectivity index (χ3n) is 3.01. The maximum Gasteiger partial charge on any atom is 0.228 e. The molecule has 1 aromatic rings. The van der Waals surface area contributed by atoms with Gasteiger partial charge in [-0.2, -0.15) is 0 Å². The van der Waals surface area contributed by atoms with E-state index in [9.17, 15) is 9.59 Å². The molecule has 0 radical (unpaired) electrons. The van der Waals surface area contributed by atoms with Crippen molar-refractivity contribution in [1.29, 1.82) is 0 Å². The minimum absolute atomic E-state index is 0.153. The molecular weight excluding hydrogens is 228 g/mol. The quantitative estimate of drug-likeness (QED) is 0.764. The molecule has 94 valence electrons. The van der Waals surface area contributed by atoms with E-state index in [1.807, 2.05) is 19.9 Å². The van der Waals surface area contributed by atoms with Gasteiger partial charge in [-0.3, -0.25) is 9.59 Å². The van der Waals surface area contributed by atoms with Crippen molar-refractivity contribution in [2.24, 2.45) is 0 Å². The topological polar surface area (TPSA) is 43.4 Å². The molecule has 1 aromatic carbocycles. The van der Waals surface area contributed by atoms with Crippen LogP contribution in [0.5, 0.6) is 0 Å². The number of carbonyl (C=O) groups excluding carboxylic acids is 2. The zero-order valence-electron chi connectivity index (χ0n) is 10.7. The summed E-state index contributed by atoms with van der Waals surface area (Å²) in [6, 6.07) is 5.30. The minimum Gasteiger partial charge on any atom is -0.489 e. The number of fused-ring (bicyclic) bond motifs is 1. The molecule has 0 fully saturated rings. The number of ketones is 2. The van der Waals surface area contributed by atoms with Gasteiger partial charge >= 0.3 is 0 Å². The van der Waals surface area contributed by atoms with Crippen LogP contribution in [0.2, 0.25) is 0 Å². The van der Waals surface area contributed by atoms with E-state index in [1.165, 1.54) is 6.08 Å². The Morgan fingerprint density at radius 1 is 1.22 bits per heavy atom. The second kappa shape index (κ2) is 5.17. The summed E-state index contributed by atoms with van der Waals surface area (Å²) in [6.07, 6.45) is 3.17. The summed E-state index contributed by atoms with van der Waals surface area (Å²) in [4.78, 5) is 24.1. The molecule has 0 heterocycles. The van der Waals surface area contributed by atoms with Crippen molar-refractivity contribution < 1.29 is 14.3 Å². The molecule has 1 aliphatic rings.